The smallest absolute Gasteiger partial charge is 0.338 e. The van der Waals surface area contributed by atoms with E-state index in [4.69, 9.17) is 4.74 Å². The molecule has 0 aromatic heterocycles. The van der Waals surface area contributed by atoms with E-state index in [-0.39, 0.29) is 30.3 Å². The van der Waals surface area contributed by atoms with Crippen LogP contribution in [0, 0.1) is 58.2 Å². The lowest BCUT2D eigenvalue weighted by Crippen LogP contribution is -2.59. The van der Waals surface area contributed by atoms with Gasteiger partial charge in [-0.15, -0.1) is 0 Å². The maximum atomic E-state index is 13.4. The predicted octanol–water partition coefficient (Wildman–Crippen LogP) is 9.56. The van der Waals surface area contributed by atoms with Gasteiger partial charge in [-0.3, -0.25) is 4.79 Å². The van der Waals surface area contributed by atoms with Crippen LogP contribution in [0.3, 0.4) is 0 Å². The molecule has 5 unspecified atom stereocenters. The van der Waals surface area contributed by atoms with Crippen molar-refractivity contribution in [3.05, 3.63) is 48.0 Å². The van der Waals surface area contributed by atoms with Crippen molar-refractivity contribution in [3.8, 4) is 0 Å². The quantitative estimate of drug-likeness (QED) is 0.252. The number of allylic oxidation sites excluding steroid dienone is 2. The molecule has 0 spiro atoms. The number of carbonyl (C=O) groups is 2. The lowest BCUT2D eigenvalue weighted by Gasteiger charge is -2.62. The summed E-state index contributed by atoms with van der Waals surface area (Å²) in [4.78, 5) is 26.0. The molecule has 4 aliphatic rings. The summed E-state index contributed by atoms with van der Waals surface area (Å²) in [5.41, 5.74) is 1.10. The minimum atomic E-state index is -0.192. The first-order valence-corrected chi connectivity index (χ1v) is 16.0. The average Bonchev–Trinajstić information content (AvgIpc) is 3.27. The van der Waals surface area contributed by atoms with Crippen molar-refractivity contribution in [1.82, 2.24) is 0 Å². The number of benzene rings is 1. The van der Waals surface area contributed by atoms with Gasteiger partial charge in [0.2, 0.25) is 0 Å². The number of ether oxygens (including phenoxy) is 1. The van der Waals surface area contributed by atoms with Gasteiger partial charge in [0.1, 0.15) is 11.9 Å². The Morgan fingerprint density at radius 1 is 1.00 bits per heavy atom. The normalized spacial score (nSPS) is 38.6. The highest BCUT2D eigenvalue weighted by atomic mass is 16.5. The molecule has 40 heavy (non-hydrogen) atoms. The van der Waals surface area contributed by atoms with Gasteiger partial charge in [0.15, 0.2) is 0 Å². The molecular weight excluding hydrogens is 492 g/mol. The van der Waals surface area contributed by atoms with Gasteiger partial charge in [0, 0.05) is 18.8 Å². The van der Waals surface area contributed by atoms with Gasteiger partial charge in [0.25, 0.3) is 0 Å². The average molecular weight is 549 g/mol. The second-order valence-electron chi connectivity index (χ2n) is 14.6. The van der Waals surface area contributed by atoms with Crippen molar-refractivity contribution >= 4 is 11.8 Å². The number of carbonyl (C=O) groups excluding carboxylic acids is 2. The number of hydrogen-bond donors (Lipinski definition) is 0. The van der Waals surface area contributed by atoms with Crippen molar-refractivity contribution < 1.29 is 14.3 Å². The molecule has 0 aliphatic heterocycles. The summed E-state index contributed by atoms with van der Waals surface area (Å²) >= 11 is 0. The molecule has 3 nitrogen and oxygen atoms in total. The zero-order valence-corrected chi connectivity index (χ0v) is 25.3. The third-order valence-corrected chi connectivity index (χ3v) is 12.4. The molecule has 10 atom stereocenters. The first-order valence-electron chi connectivity index (χ1n) is 16.0. The molecule has 4 fully saturated rings. The van der Waals surface area contributed by atoms with Gasteiger partial charge in [0.05, 0.1) is 5.56 Å². The van der Waals surface area contributed by atoms with E-state index in [0.29, 0.717) is 65.1 Å². The van der Waals surface area contributed by atoms with E-state index in [9.17, 15) is 9.59 Å². The highest BCUT2D eigenvalue weighted by molar-refractivity contribution is 5.89. The Labute approximate surface area is 244 Å². The monoisotopic (exact) mass is 548 g/mol. The van der Waals surface area contributed by atoms with Crippen molar-refractivity contribution in [2.45, 2.75) is 113 Å². The Bertz CT molecular complexity index is 1060. The van der Waals surface area contributed by atoms with Gasteiger partial charge >= 0.3 is 5.97 Å². The van der Waals surface area contributed by atoms with E-state index >= 15 is 0 Å². The summed E-state index contributed by atoms with van der Waals surface area (Å²) in [5.74, 6) is 4.62. The first kappa shape index (κ1) is 31.0. The molecule has 1 aromatic carbocycles. The largest absolute Gasteiger partial charge is 0.458 e. The van der Waals surface area contributed by atoms with Crippen LogP contribution in [0.1, 0.15) is 117 Å². The molecule has 0 heterocycles. The van der Waals surface area contributed by atoms with E-state index < -0.39 is 0 Å². The molecule has 0 N–H and O–H groups in total. The number of rotatable bonds is 7. The summed E-state index contributed by atoms with van der Waals surface area (Å²) in [5, 5.41) is 0. The standard InChI is InChI=1S/C36H52O3.CH4/c1-7-25(23(2)3)14-13-24(4)29-15-16-30-33-31(18-20-36(29,30)6)35(5)19-17-28(37)21-27(35)22-32(33)39-34(38)26-11-9-8-10-12-26;/h8-14,23-25,27,29-33H,7,15-22H2,1-6H3;1H4/b14-13+;/t24?,25?,27-,29-,30?,31?,32-,33?,35+,36-;/m1./s1. The number of esters is 1. The topological polar surface area (TPSA) is 43.4 Å². The van der Waals surface area contributed by atoms with Gasteiger partial charge in [-0.1, -0.05) is 79.3 Å². The van der Waals surface area contributed by atoms with Gasteiger partial charge < -0.3 is 4.74 Å². The Morgan fingerprint density at radius 3 is 2.38 bits per heavy atom. The van der Waals surface area contributed by atoms with Crippen LogP contribution < -0.4 is 0 Å². The van der Waals surface area contributed by atoms with Crippen LogP contribution in [0.5, 0.6) is 0 Å². The van der Waals surface area contributed by atoms with Crippen molar-refractivity contribution in [1.29, 1.82) is 0 Å². The van der Waals surface area contributed by atoms with Crippen LogP contribution in [0.4, 0.5) is 0 Å². The Morgan fingerprint density at radius 2 is 1.70 bits per heavy atom. The molecule has 0 amide bonds. The maximum Gasteiger partial charge on any atom is 0.338 e. The summed E-state index contributed by atoms with van der Waals surface area (Å²) in [7, 11) is 0. The molecule has 4 saturated carbocycles. The number of fused-ring (bicyclic) bond motifs is 5. The van der Waals surface area contributed by atoms with Crippen LogP contribution in [0.2, 0.25) is 0 Å². The molecule has 0 bridgehead atoms. The minimum absolute atomic E-state index is 0. The molecule has 4 aliphatic carbocycles. The molecule has 5 rings (SSSR count). The lowest BCUT2D eigenvalue weighted by molar-refractivity contribution is -0.169. The fourth-order valence-electron chi connectivity index (χ4n) is 10.1. The zero-order valence-electron chi connectivity index (χ0n) is 25.3. The highest BCUT2D eigenvalue weighted by Crippen LogP contribution is 2.68. The van der Waals surface area contributed by atoms with Crippen LogP contribution in [-0.2, 0) is 9.53 Å². The van der Waals surface area contributed by atoms with Crippen LogP contribution in [0.15, 0.2) is 42.5 Å². The highest BCUT2D eigenvalue weighted by Gasteiger charge is 2.63. The van der Waals surface area contributed by atoms with E-state index in [1.54, 1.807) is 0 Å². The number of ketones is 1. The van der Waals surface area contributed by atoms with Crippen molar-refractivity contribution in [3.63, 3.8) is 0 Å². The Hall–Kier alpha value is -1.90. The molecule has 1 aromatic rings. The Balaban J connectivity index is 0.00000370. The maximum absolute atomic E-state index is 13.4. The fourth-order valence-corrected chi connectivity index (χ4v) is 10.1. The predicted molar refractivity (Wildman–Crippen MR) is 165 cm³/mol. The fraction of sp³-hybridized carbons (Fsp3) is 0.730. The zero-order chi connectivity index (χ0) is 27.9. The van der Waals surface area contributed by atoms with Gasteiger partial charge in [-0.05, 0) is 109 Å². The molecule has 0 radical (unpaired) electrons. The van der Waals surface area contributed by atoms with Gasteiger partial charge in [-0.2, -0.15) is 0 Å². The summed E-state index contributed by atoms with van der Waals surface area (Å²) in [6, 6.07) is 9.49. The SMILES string of the molecule is C.CCC(/C=C/C(C)[C@H]1CCC2C3C(CC[C@@]21C)[C@@]1(C)CCC(=O)C[C@@H]1C[C@H]3OC(=O)c1ccccc1)C(C)C. The third-order valence-electron chi connectivity index (χ3n) is 12.4. The van der Waals surface area contributed by atoms with Crippen LogP contribution >= 0.6 is 0 Å². The van der Waals surface area contributed by atoms with E-state index in [1.807, 2.05) is 30.3 Å². The van der Waals surface area contributed by atoms with Gasteiger partial charge in [-0.25, -0.2) is 4.79 Å². The van der Waals surface area contributed by atoms with E-state index in [1.165, 1.54) is 32.1 Å². The summed E-state index contributed by atoms with van der Waals surface area (Å²) < 4.78 is 6.48. The van der Waals surface area contributed by atoms with Crippen LogP contribution in [0.25, 0.3) is 0 Å². The first-order chi connectivity index (χ1) is 18.6. The molecule has 0 saturated heterocycles. The molecule has 3 heteroatoms. The van der Waals surface area contributed by atoms with E-state index in [0.717, 1.165) is 19.3 Å². The van der Waals surface area contributed by atoms with Crippen LogP contribution in [-0.4, -0.2) is 17.9 Å². The summed E-state index contributed by atoms with van der Waals surface area (Å²) in [6.07, 6.45) is 14.4. The number of Topliss-reactive ketones (excluding diaryl/α,β-unsaturated/α-hetero) is 1. The van der Waals surface area contributed by atoms with Crippen molar-refractivity contribution in [2.75, 3.05) is 0 Å². The van der Waals surface area contributed by atoms with E-state index in [2.05, 4.69) is 53.7 Å². The van der Waals surface area contributed by atoms with Crippen molar-refractivity contribution in [2.24, 2.45) is 58.2 Å². The Kier molecular flexibility index (Phi) is 9.42. The molecular formula is C37H56O3. The lowest BCUT2D eigenvalue weighted by atomic mass is 9.43. The third kappa shape index (κ3) is 5.48. The second-order valence-corrected chi connectivity index (χ2v) is 14.6. The summed E-state index contributed by atoms with van der Waals surface area (Å²) in [6.45, 7) is 14.5. The number of hydrogen-bond acceptors (Lipinski definition) is 3. The second kappa shape index (κ2) is 12.1. The molecule has 222 valence electrons. The minimum Gasteiger partial charge on any atom is -0.458 e.